The van der Waals surface area contributed by atoms with Gasteiger partial charge < -0.3 is 14.8 Å². The number of rotatable bonds is 7. The van der Waals surface area contributed by atoms with Crippen molar-refractivity contribution in [3.8, 4) is 5.75 Å². The molecule has 5 heteroatoms. The van der Waals surface area contributed by atoms with Crippen molar-refractivity contribution in [3.05, 3.63) is 29.3 Å². The molecule has 0 fully saturated rings. The first-order valence-electron chi connectivity index (χ1n) is 7.95. The molecule has 0 spiro atoms. The molecule has 1 aromatic rings. The third kappa shape index (κ3) is 5.36. The molecular formula is C18H27NO4. The summed E-state index contributed by atoms with van der Waals surface area (Å²) in [5.41, 5.74) is 1.94. The average molecular weight is 321 g/mol. The van der Waals surface area contributed by atoms with Crippen molar-refractivity contribution in [1.29, 1.82) is 0 Å². The van der Waals surface area contributed by atoms with Gasteiger partial charge >= 0.3 is 11.9 Å². The molecule has 1 rings (SSSR count). The number of benzene rings is 1. The number of hydrogen-bond acceptors (Lipinski definition) is 5. The van der Waals surface area contributed by atoms with Crippen LogP contribution < -0.4 is 10.1 Å². The summed E-state index contributed by atoms with van der Waals surface area (Å²) in [6.45, 7) is 9.46. The van der Waals surface area contributed by atoms with E-state index in [2.05, 4.69) is 5.32 Å². The van der Waals surface area contributed by atoms with Gasteiger partial charge in [0.05, 0.1) is 0 Å². The van der Waals surface area contributed by atoms with Gasteiger partial charge in [-0.05, 0) is 36.9 Å². The minimum atomic E-state index is -0.573. The third-order valence-electron chi connectivity index (χ3n) is 3.65. The third-order valence-corrected chi connectivity index (χ3v) is 3.65. The molecule has 0 aliphatic heterocycles. The van der Waals surface area contributed by atoms with Gasteiger partial charge in [0.2, 0.25) is 0 Å². The SMILES string of the molecule is CNC(C)C(=O)OCC(=O)Oc1c(C(C)C)cccc1C(C)C. The molecule has 0 aliphatic carbocycles. The summed E-state index contributed by atoms with van der Waals surface area (Å²) in [6.07, 6.45) is 0. The van der Waals surface area contributed by atoms with E-state index in [1.807, 2.05) is 45.9 Å². The topological polar surface area (TPSA) is 64.6 Å². The lowest BCUT2D eigenvalue weighted by Gasteiger charge is -2.19. The van der Waals surface area contributed by atoms with Gasteiger partial charge in [-0.15, -0.1) is 0 Å². The molecule has 0 saturated carbocycles. The summed E-state index contributed by atoms with van der Waals surface area (Å²) in [7, 11) is 1.65. The summed E-state index contributed by atoms with van der Waals surface area (Å²) < 4.78 is 10.5. The number of hydrogen-bond donors (Lipinski definition) is 1. The molecular weight excluding hydrogens is 294 g/mol. The smallest absolute Gasteiger partial charge is 0.349 e. The normalized spacial score (nSPS) is 12.3. The lowest BCUT2D eigenvalue weighted by molar-refractivity contribution is -0.154. The quantitative estimate of drug-likeness (QED) is 0.618. The molecule has 5 nitrogen and oxygen atoms in total. The van der Waals surface area contributed by atoms with Crippen molar-refractivity contribution in [2.75, 3.05) is 13.7 Å². The number of esters is 2. The Morgan fingerprint density at radius 3 is 2.00 bits per heavy atom. The predicted octanol–water partition coefficient (Wildman–Crippen LogP) is 2.99. The van der Waals surface area contributed by atoms with Crippen LogP contribution in [0.25, 0.3) is 0 Å². The average Bonchev–Trinajstić information content (AvgIpc) is 2.51. The summed E-state index contributed by atoms with van der Waals surface area (Å²) >= 11 is 0. The van der Waals surface area contributed by atoms with E-state index in [1.165, 1.54) is 0 Å². The van der Waals surface area contributed by atoms with Crippen molar-refractivity contribution in [1.82, 2.24) is 5.32 Å². The second-order valence-electron chi connectivity index (χ2n) is 6.17. The standard InChI is InChI=1S/C18H27NO4/c1-11(2)14-8-7-9-15(12(3)4)17(14)23-16(20)10-22-18(21)13(5)19-6/h7-9,11-13,19H,10H2,1-6H3. The highest BCUT2D eigenvalue weighted by Gasteiger charge is 2.20. The molecule has 128 valence electrons. The van der Waals surface area contributed by atoms with Gasteiger partial charge in [0.25, 0.3) is 0 Å². The first kappa shape index (κ1) is 19.2. The van der Waals surface area contributed by atoms with Crippen LogP contribution in [-0.2, 0) is 14.3 Å². The van der Waals surface area contributed by atoms with E-state index in [-0.39, 0.29) is 11.8 Å². The number of ether oxygens (including phenoxy) is 2. The highest BCUT2D eigenvalue weighted by Crippen LogP contribution is 2.34. The Kier molecular flexibility index (Phi) is 7.23. The molecule has 0 saturated heterocycles. The lowest BCUT2D eigenvalue weighted by Crippen LogP contribution is -2.34. The molecule has 23 heavy (non-hydrogen) atoms. The monoisotopic (exact) mass is 321 g/mol. The van der Waals surface area contributed by atoms with Crippen LogP contribution >= 0.6 is 0 Å². The fraction of sp³-hybridized carbons (Fsp3) is 0.556. The lowest BCUT2D eigenvalue weighted by atomic mass is 9.94. The van der Waals surface area contributed by atoms with Crippen molar-refractivity contribution in [2.24, 2.45) is 0 Å². The van der Waals surface area contributed by atoms with Gasteiger partial charge in [0, 0.05) is 0 Å². The Morgan fingerprint density at radius 2 is 1.57 bits per heavy atom. The van der Waals surface area contributed by atoms with E-state index in [0.717, 1.165) is 11.1 Å². The number of likely N-dealkylation sites (N-methyl/N-ethyl adjacent to an activating group) is 1. The second-order valence-corrected chi connectivity index (χ2v) is 6.17. The van der Waals surface area contributed by atoms with E-state index >= 15 is 0 Å². The zero-order valence-corrected chi connectivity index (χ0v) is 14.8. The van der Waals surface area contributed by atoms with Gasteiger partial charge in [-0.1, -0.05) is 45.9 Å². The maximum atomic E-state index is 12.1. The molecule has 1 aromatic carbocycles. The van der Waals surface area contributed by atoms with Gasteiger partial charge in [-0.3, -0.25) is 4.79 Å². The first-order valence-corrected chi connectivity index (χ1v) is 7.95. The minimum Gasteiger partial charge on any atom is -0.452 e. The first-order chi connectivity index (χ1) is 10.8. The molecule has 0 radical (unpaired) electrons. The van der Waals surface area contributed by atoms with Crippen molar-refractivity contribution < 1.29 is 19.1 Å². The Labute approximate surface area is 138 Å². The number of carbonyl (C=O) groups excluding carboxylic acids is 2. The van der Waals surface area contributed by atoms with Crippen LogP contribution in [-0.4, -0.2) is 31.6 Å². The molecule has 1 unspecified atom stereocenters. The fourth-order valence-corrected chi connectivity index (χ4v) is 2.12. The molecule has 0 aliphatic rings. The predicted molar refractivity (Wildman–Crippen MR) is 89.7 cm³/mol. The summed E-state index contributed by atoms with van der Waals surface area (Å²) in [4.78, 5) is 23.6. The van der Waals surface area contributed by atoms with E-state index in [1.54, 1.807) is 14.0 Å². The number of carbonyl (C=O) groups is 2. The Bertz CT molecular complexity index is 526. The molecule has 1 atom stereocenters. The second kappa shape index (κ2) is 8.67. The molecule has 0 bridgehead atoms. The van der Waals surface area contributed by atoms with E-state index in [9.17, 15) is 9.59 Å². The van der Waals surface area contributed by atoms with E-state index in [4.69, 9.17) is 9.47 Å². The Morgan fingerprint density at radius 1 is 1.04 bits per heavy atom. The number of nitrogens with one attached hydrogen (secondary N) is 1. The van der Waals surface area contributed by atoms with Crippen LogP contribution in [0.1, 0.15) is 57.6 Å². The minimum absolute atomic E-state index is 0.225. The number of para-hydroxylation sites is 1. The summed E-state index contributed by atoms with van der Waals surface area (Å²) in [5.74, 6) is -0.0192. The van der Waals surface area contributed by atoms with Crippen LogP contribution in [0, 0.1) is 0 Å². The molecule has 0 amide bonds. The van der Waals surface area contributed by atoms with Crippen molar-refractivity contribution in [3.63, 3.8) is 0 Å². The largest absolute Gasteiger partial charge is 0.452 e. The zero-order chi connectivity index (χ0) is 17.6. The molecule has 0 heterocycles. The highest BCUT2D eigenvalue weighted by molar-refractivity contribution is 5.80. The van der Waals surface area contributed by atoms with Gasteiger partial charge in [-0.2, -0.15) is 0 Å². The molecule has 1 N–H and O–H groups in total. The van der Waals surface area contributed by atoms with Crippen LogP contribution in [0.15, 0.2) is 18.2 Å². The van der Waals surface area contributed by atoms with Crippen molar-refractivity contribution >= 4 is 11.9 Å². The zero-order valence-electron chi connectivity index (χ0n) is 14.8. The summed E-state index contributed by atoms with van der Waals surface area (Å²) in [5, 5.41) is 2.76. The summed E-state index contributed by atoms with van der Waals surface area (Å²) in [6, 6.07) is 5.41. The Hall–Kier alpha value is -1.88. The molecule has 0 aromatic heterocycles. The van der Waals surface area contributed by atoms with Gasteiger partial charge in [0.1, 0.15) is 11.8 Å². The highest BCUT2D eigenvalue weighted by atomic mass is 16.6. The van der Waals surface area contributed by atoms with Crippen molar-refractivity contribution in [2.45, 2.75) is 52.5 Å². The van der Waals surface area contributed by atoms with E-state index < -0.39 is 24.6 Å². The maximum absolute atomic E-state index is 12.1. The fourth-order valence-electron chi connectivity index (χ4n) is 2.12. The van der Waals surface area contributed by atoms with Crippen LogP contribution in [0.5, 0.6) is 5.75 Å². The van der Waals surface area contributed by atoms with Gasteiger partial charge in [0.15, 0.2) is 6.61 Å². The maximum Gasteiger partial charge on any atom is 0.349 e. The van der Waals surface area contributed by atoms with Crippen LogP contribution in [0.4, 0.5) is 0 Å². The van der Waals surface area contributed by atoms with Gasteiger partial charge in [-0.25, -0.2) is 4.79 Å². The van der Waals surface area contributed by atoms with Crippen LogP contribution in [0.3, 0.4) is 0 Å². The van der Waals surface area contributed by atoms with Crippen LogP contribution in [0.2, 0.25) is 0 Å². The Balaban J connectivity index is 2.87. The van der Waals surface area contributed by atoms with E-state index in [0.29, 0.717) is 5.75 Å².